The molecule has 23 heteroatoms. The summed E-state index contributed by atoms with van der Waals surface area (Å²) in [5.41, 5.74) is 2.95. The van der Waals surface area contributed by atoms with Crippen LogP contribution in [0, 0.1) is 29.1 Å². The van der Waals surface area contributed by atoms with Crippen LogP contribution in [0.4, 0.5) is 22.0 Å². The lowest BCUT2D eigenvalue weighted by Crippen LogP contribution is -2.44. The van der Waals surface area contributed by atoms with Crippen molar-refractivity contribution in [3.05, 3.63) is 167 Å². The van der Waals surface area contributed by atoms with Crippen LogP contribution in [0.2, 0.25) is 0 Å². The number of aliphatic hydroxyl groups excluding tert-OH is 1. The van der Waals surface area contributed by atoms with Gasteiger partial charge in [0.05, 0.1) is 53.2 Å². The van der Waals surface area contributed by atoms with Gasteiger partial charge < -0.3 is 49.4 Å². The maximum atomic E-state index is 14.8. The van der Waals surface area contributed by atoms with Crippen LogP contribution in [0.1, 0.15) is 24.0 Å². The summed E-state index contributed by atoms with van der Waals surface area (Å²) in [7, 11) is 4.25. The largest absolute Gasteiger partial charge is 0.488 e. The fourth-order valence-electron chi connectivity index (χ4n) is 8.58. The number of fused-ring (bicyclic) bond motifs is 2. The van der Waals surface area contributed by atoms with Gasteiger partial charge in [0.15, 0.2) is 34.8 Å². The van der Waals surface area contributed by atoms with Gasteiger partial charge in [-0.1, -0.05) is 12.1 Å². The van der Waals surface area contributed by atoms with E-state index in [-0.39, 0.29) is 59.1 Å². The summed E-state index contributed by atoms with van der Waals surface area (Å²) >= 11 is 0. The third-order valence-electron chi connectivity index (χ3n) is 12.8. The zero-order chi connectivity index (χ0) is 53.2. The first-order valence-electron chi connectivity index (χ1n) is 24.4. The highest BCUT2D eigenvalue weighted by Crippen LogP contribution is 2.28. The van der Waals surface area contributed by atoms with Gasteiger partial charge >= 0.3 is 11.4 Å². The Kier molecular flexibility index (Phi) is 17.6. The van der Waals surface area contributed by atoms with E-state index in [1.807, 2.05) is 0 Å². The van der Waals surface area contributed by atoms with E-state index in [2.05, 4.69) is 63.8 Å². The molecule has 0 bridgehead atoms. The molecule has 2 saturated heterocycles. The zero-order valence-corrected chi connectivity index (χ0v) is 41.4. The van der Waals surface area contributed by atoms with Crippen LogP contribution in [0.5, 0.6) is 5.75 Å². The molecule has 0 amide bonds. The molecule has 0 aliphatic carbocycles. The molecule has 0 saturated carbocycles. The molecule has 0 spiro atoms. The van der Waals surface area contributed by atoms with Gasteiger partial charge in [-0.05, 0) is 98.7 Å². The van der Waals surface area contributed by atoms with Crippen LogP contribution < -0.4 is 27.2 Å². The third-order valence-corrected chi connectivity index (χ3v) is 12.8. The Morgan fingerprint density at radius 1 is 0.520 bits per heavy atom. The van der Waals surface area contributed by atoms with Gasteiger partial charge in [-0.25, -0.2) is 40.9 Å². The number of rotatable bonds is 14. The Morgan fingerprint density at radius 3 is 1.37 bits per heavy atom. The van der Waals surface area contributed by atoms with Gasteiger partial charge in [0.1, 0.15) is 0 Å². The first kappa shape index (κ1) is 53.7. The number of likely N-dealkylation sites (N-methyl/N-ethyl adjacent to an activating group) is 2. The van der Waals surface area contributed by atoms with Crippen molar-refractivity contribution in [2.75, 3.05) is 92.8 Å². The number of H-pyrrole nitrogens is 4. The van der Waals surface area contributed by atoms with Crippen LogP contribution >= 0.6 is 0 Å². The van der Waals surface area contributed by atoms with Gasteiger partial charge in [0.25, 0.3) is 11.1 Å². The average Bonchev–Trinajstić information content (AvgIpc) is 3.96. The van der Waals surface area contributed by atoms with Crippen molar-refractivity contribution in [2.45, 2.75) is 25.9 Å². The van der Waals surface area contributed by atoms with E-state index in [4.69, 9.17) is 9.84 Å². The fraction of sp³-hybridized carbons (Fsp3) is 0.346. The summed E-state index contributed by atoms with van der Waals surface area (Å²) in [5, 5.41) is 17.0. The number of piperazine rings is 2. The minimum Gasteiger partial charge on any atom is -0.488 e. The molecule has 0 radical (unpaired) electrons. The van der Waals surface area contributed by atoms with Gasteiger partial charge in [0.2, 0.25) is 0 Å². The summed E-state index contributed by atoms with van der Waals surface area (Å²) in [6, 6.07) is 19.5. The van der Waals surface area contributed by atoms with E-state index in [9.17, 15) is 41.1 Å². The minimum atomic E-state index is -1.57. The van der Waals surface area contributed by atoms with Crippen molar-refractivity contribution >= 4 is 22.1 Å². The molecule has 0 unspecified atom stereocenters. The lowest BCUT2D eigenvalue weighted by atomic mass is 10.1. The van der Waals surface area contributed by atoms with Gasteiger partial charge in [0, 0.05) is 95.3 Å². The molecule has 4 aromatic carbocycles. The summed E-state index contributed by atoms with van der Waals surface area (Å²) in [4.78, 5) is 67.2. The normalized spacial score (nSPS) is 14.7. The Hall–Kier alpha value is -7.57. The molecule has 75 heavy (non-hydrogen) atoms. The molecule has 5 N–H and O–H groups in total. The van der Waals surface area contributed by atoms with E-state index < -0.39 is 40.4 Å². The zero-order valence-electron chi connectivity index (χ0n) is 41.4. The Balaban J connectivity index is 0.000000171. The van der Waals surface area contributed by atoms with E-state index in [1.165, 1.54) is 42.0 Å². The molecular formula is C52H57F5N12O6. The molecule has 2 fully saturated rings. The van der Waals surface area contributed by atoms with Crippen molar-refractivity contribution in [3.63, 3.8) is 0 Å². The number of hydrogen-bond donors (Lipinski definition) is 5. The molecule has 18 nitrogen and oxygen atoms in total. The summed E-state index contributed by atoms with van der Waals surface area (Å²) in [5.74, 6) is -6.31. The van der Waals surface area contributed by atoms with Crippen molar-refractivity contribution in [1.82, 2.24) is 59.1 Å². The minimum absolute atomic E-state index is 0.00515. The first-order valence-corrected chi connectivity index (χ1v) is 24.4. The van der Waals surface area contributed by atoms with E-state index in [0.717, 1.165) is 93.3 Å². The van der Waals surface area contributed by atoms with Crippen LogP contribution in [0.3, 0.4) is 0 Å². The van der Waals surface area contributed by atoms with Crippen molar-refractivity contribution in [3.8, 4) is 28.3 Å². The van der Waals surface area contributed by atoms with Crippen molar-refractivity contribution < 1.29 is 31.8 Å². The molecule has 4 aromatic heterocycles. The Labute approximate surface area is 425 Å². The molecule has 6 heterocycles. The quantitative estimate of drug-likeness (QED) is 0.0576. The van der Waals surface area contributed by atoms with Crippen molar-refractivity contribution in [2.24, 2.45) is 0 Å². The molecule has 2 aliphatic heterocycles. The van der Waals surface area contributed by atoms with Crippen LogP contribution in [0.25, 0.3) is 44.6 Å². The summed E-state index contributed by atoms with van der Waals surface area (Å²) < 4.78 is 77.4. The Bertz CT molecular complexity index is 3440. The smallest absolute Gasteiger partial charge is 0.323 e. The number of imidazole rings is 2. The number of nitrogens with zero attached hydrogens (tertiary/aromatic N) is 8. The molecule has 396 valence electrons. The molecule has 10 rings (SSSR count). The monoisotopic (exact) mass is 1040 g/mol. The topological polar surface area (TPSA) is 209 Å². The van der Waals surface area contributed by atoms with E-state index in [1.54, 1.807) is 36.4 Å². The first-order chi connectivity index (χ1) is 36.1. The van der Waals surface area contributed by atoms with Gasteiger partial charge in [-0.2, -0.15) is 10.2 Å². The molecular weight excluding hydrogens is 984 g/mol. The Morgan fingerprint density at radius 2 is 0.933 bits per heavy atom. The number of aromatic nitrogens is 8. The van der Waals surface area contributed by atoms with Crippen LogP contribution in [0.15, 0.2) is 104 Å². The molecule has 8 aromatic rings. The number of aromatic amines is 4. The highest BCUT2D eigenvalue weighted by atomic mass is 19.2. The lowest BCUT2D eigenvalue weighted by molar-refractivity contribution is 0.143. The maximum Gasteiger partial charge on any atom is 0.323 e. The highest BCUT2D eigenvalue weighted by molar-refractivity contribution is 5.75. The fourth-order valence-corrected chi connectivity index (χ4v) is 8.58. The lowest BCUT2D eigenvalue weighted by Gasteiger charge is -2.32. The maximum absolute atomic E-state index is 14.8. The molecule has 2 aliphatic rings. The average molecular weight is 1040 g/mol. The second-order valence-electron chi connectivity index (χ2n) is 18.4. The van der Waals surface area contributed by atoms with Crippen molar-refractivity contribution in [1.29, 1.82) is 0 Å². The molecule has 0 atom stereocenters. The van der Waals surface area contributed by atoms with Crippen LogP contribution in [-0.2, 0) is 13.1 Å². The standard InChI is InChI=1S/C26H28F2N6O3.C18H11F3N4O2.C8H18N2O/c1-32-8-10-33(11-9-32)7-2-12-37-25-19(27)14-18(15-20(25)28)21-5-6-24(35)34(31-21)16-17-3-4-22-23(13-17)30-26(36)29-22;19-11-6-10(7-12(20)17(11)21)13-3-4-16(26)25(24-13)8-9-1-2-14-15(5-9)23-18(27)22-14;1-9-4-6-10(7-5-9)3-2-8-11/h3-6,13-15H,2,7-12,16H2,1H3,(H2,29,30,36);1-7H,8H2,(H2,22,23,27);11H,2-8H2,1H3. The van der Waals surface area contributed by atoms with Crippen LogP contribution in [-0.4, -0.2) is 157 Å². The summed E-state index contributed by atoms with van der Waals surface area (Å²) in [6.07, 6.45) is 1.59. The SMILES string of the molecule is CN1CCN(CCCO)CC1.CN1CCN(CCCOc2c(F)cc(-c3ccc(=O)n(Cc4ccc5[nH]c(=O)[nH]c5c4)n3)cc2F)CC1.O=c1[nH]c2ccc(Cn3nc(-c4cc(F)c(F)c(F)c4)ccc3=O)cc2[nH]1. The van der Waals surface area contributed by atoms with E-state index in [0.29, 0.717) is 40.7 Å². The second-order valence-corrected chi connectivity index (χ2v) is 18.4. The summed E-state index contributed by atoms with van der Waals surface area (Å²) in [6.45, 7) is 11.2. The number of halogens is 5. The number of hydrogen-bond acceptors (Lipinski definition) is 12. The van der Waals surface area contributed by atoms with E-state index >= 15 is 0 Å². The number of aliphatic hydroxyl groups is 1. The predicted octanol–water partition coefficient (Wildman–Crippen LogP) is 4.58. The van der Waals surface area contributed by atoms with Gasteiger partial charge in [-0.3, -0.25) is 9.59 Å². The number of ether oxygens (including phenoxy) is 1. The number of benzene rings is 4. The van der Waals surface area contributed by atoms with Gasteiger partial charge in [-0.15, -0.1) is 0 Å². The number of nitrogens with one attached hydrogen (secondary N) is 4. The third kappa shape index (κ3) is 14.2. The highest BCUT2D eigenvalue weighted by Gasteiger charge is 2.18. The second kappa shape index (κ2) is 24.6. The predicted molar refractivity (Wildman–Crippen MR) is 273 cm³/mol.